The van der Waals surface area contributed by atoms with E-state index in [0.717, 1.165) is 39.6 Å². The fourth-order valence-electron chi connectivity index (χ4n) is 3.91. The second-order valence-electron chi connectivity index (χ2n) is 10.3. The van der Waals surface area contributed by atoms with Crippen LogP contribution in [0.4, 0.5) is 5.69 Å². The lowest BCUT2D eigenvalue weighted by molar-refractivity contribution is -0.114. The molecule has 1 aliphatic carbocycles. The summed E-state index contributed by atoms with van der Waals surface area (Å²) >= 11 is 14.2. The van der Waals surface area contributed by atoms with Crippen LogP contribution < -0.4 is 5.01 Å². The maximum absolute atomic E-state index is 13.4. The third-order valence-electron chi connectivity index (χ3n) is 5.61. The topological polar surface area (TPSA) is 23.1 Å². The lowest BCUT2D eigenvalue weighted by Gasteiger charge is -2.32. The van der Waals surface area contributed by atoms with Crippen LogP contribution in [-0.4, -0.2) is 17.5 Å². The van der Waals surface area contributed by atoms with Gasteiger partial charge in [0.2, 0.25) is 0 Å². The van der Waals surface area contributed by atoms with E-state index in [1.54, 1.807) is 17.4 Å². The Bertz CT molecular complexity index is 1110. The molecule has 32 heavy (non-hydrogen) atoms. The number of hydrogen-bond donors (Lipinski definition) is 0. The van der Waals surface area contributed by atoms with Gasteiger partial charge in [0.05, 0.1) is 16.3 Å². The third-order valence-corrected chi connectivity index (χ3v) is 6.92. The zero-order valence-electron chi connectivity index (χ0n) is 19.3. The van der Waals surface area contributed by atoms with E-state index < -0.39 is 0 Å². The first-order valence-corrected chi connectivity index (χ1v) is 12.3. The third kappa shape index (κ3) is 4.54. The Morgan fingerprint density at radius 2 is 1.50 bits per heavy atom. The summed E-state index contributed by atoms with van der Waals surface area (Å²) in [6.07, 6.45) is 4.15. The monoisotopic (exact) mass is 486 g/mol. The van der Waals surface area contributed by atoms with Crippen LogP contribution in [0.1, 0.15) is 46.4 Å². The molecule has 6 heteroatoms. The summed E-state index contributed by atoms with van der Waals surface area (Å²) in [6.45, 7) is 13.3. The van der Waals surface area contributed by atoms with E-state index in [1.807, 2.05) is 12.1 Å². The largest absolute Gasteiger partial charge is 0.289 e. The van der Waals surface area contributed by atoms with Crippen LogP contribution >= 0.6 is 34.5 Å². The number of benzene rings is 1. The number of carbonyl (C=O) groups is 1. The number of carbonyl (C=O) groups excluding carboxylic acids is 1. The summed E-state index contributed by atoms with van der Waals surface area (Å²) in [5.41, 5.74) is 4.26. The number of hydrazine groups is 1. The van der Waals surface area contributed by atoms with Crippen LogP contribution in [0.15, 0.2) is 64.6 Å². The van der Waals surface area contributed by atoms with Crippen molar-refractivity contribution in [1.82, 2.24) is 5.01 Å². The average Bonchev–Trinajstić information content (AvgIpc) is 3.24. The van der Waals surface area contributed by atoms with E-state index in [-0.39, 0.29) is 16.6 Å². The Labute approximate surface area is 204 Å². The van der Waals surface area contributed by atoms with Gasteiger partial charge in [-0.05, 0) is 52.6 Å². The van der Waals surface area contributed by atoms with Gasteiger partial charge in [0.25, 0.3) is 0 Å². The number of nitrogens with zero attached hydrogens (tertiary/aromatic N) is 2. The van der Waals surface area contributed by atoms with Crippen molar-refractivity contribution >= 4 is 51.7 Å². The van der Waals surface area contributed by atoms with Crippen molar-refractivity contribution in [1.29, 1.82) is 0 Å². The predicted molar refractivity (Wildman–Crippen MR) is 137 cm³/mol. The lowest BCUT2D eigenvalue weighted by atomic mass is 9.71. The molecule has 3 nitrogen and oxygen atoms in total. The van der Waals surface area contributed by atoms with Crippen LogP contribution in [0.3, 0.4) is 0 Å². The zero-order chi connectivity index (χ0) is 23.4. The summed E-state index contributed by atoms with van der Waals surface area (Å²) < 4.78 is 0. The molecule has 1 fully saturated rings. The number of halogens is 2. The highest BCUT2D eigenvalue weighted by molar-refractivity contribution is 7.11. The molecule has 168 valence electrons. The van der Waals surface area contributed by atoms with Crippen molar-refractivity contribution in [2.75, 3.05) is 11.7 Å². The Balaban J connectivity index is 1.89. The van der Waals surface area contributed by atoms with E-state index in [2.05, 4.69) is 81.2 Å². The molecule has 1 saturated heterocycles. The summed E-state index contributed by atoms with van der Waals surface area (Å²) in [4.78, 5) is 14.6. The number of thiophene rings is 1. The minimum atomic E-state index is -0.257. The Morgan fingerprint density at radius 3 is 1.97 bits per heavy atom. The standard InChI is InChI=1S/C26H28Cl2N2OS/c1-25(2,3)20-10-16(11-21(24(20)31)26(4,5)6)23(22-8-7-9-32-22)30-15-29(30)19-13-17(27)12-18(28)14-19/h7-14H,15H2,1-6H3. The van der Waals surface area contributed by atoms with E-state index in [9.17, 15) is 4.79 Å². The van der Waals surface area contributed by atoms with Gasteiger partial charge < -0.3 is 0 Å². The molecule has 1 aromatic carbocycles. The van der Waals surface area contributed by atoms with Gasteiger partial charge in [-0.15, -0.1) is 11.3 Å². The second-order valence-corrected chi connectivity index (χ2v) is 12.1. The van der Waals surface area contributed by atoms with Crippen molar-refractivity contribution in [2.24, 2.45) is 10.8 Å². The number of Topliss-reactive ketones (excluding diaryl/α,β-unsaturated/α-hetero) is 1. The summed E-state index contributed by atoms with van der Waals surface area (Å²) in [6, 6.07) is 9.76. The molecule has 2 heterocycles. The summed E-state index contributed by atoms with van der Waals surface area (Å²) in [7, 11) is 0. The van der Waals surface area contributed by atoms with Crippen LogP contribution in [0.5, 0.6) is 0 Å². The zero-order valence-corrected chi connectivity index (χ0v) is 21.6. The molecule has 1 aromatic heterocycles. The molecular formula is C26H28Cl2N2OS. The number of allylic oxidation sites excluding steroid dienone is 5. The van der Waals surface area contributed by atoms with Gasteiger partial charge in [-0.3, -0.25) is 14.8 Å². The normalized spacial score (nSPS) is 16.9. The van der Waals surface area contributed by atoms with Crippen molar-refractivity contribution in [3.63, 3.8) is 0 Å². The molecule has 1 aliphatic heterocycles. The van der Waals surface area contributed by atoms with E-state index in [1.165, 1.54) is 0 Å². The Hall–Kier alpha value is -2.01. The van der Waals surface area contributed by atoms with E-state index >= 15 is 0 Å². The quantitative estimate of drug-likeness (QED) is 0.410. The molecule has 0 radical (unpaired) electrons. The van der Waals surface area contributed by atoms with E-state index in [0.29, 0.717) is 10.0 Å². The minimum absolute atomic E-state index is 0.142. The number of ketones is 1. The van der Waals surface area contributed by atoms with E-state index in [4.69, 9.17) is 23.2 Å². The highest BCUT2D eigenvalue weighted by atomic mass is 35.5. The van der Waals surface area contributed by atoms with Gasteiger partial charge in [-0.25, -0.2) is 0 Å². The van der Waals surface area contributed by atoms with Crippen LogP contribution in [0.2, 0.25) is 10.0 Å². The molecule has 2 aromatic rings. The molecule has 0 unspecified atom stereocenters. The number of anilines is 1. The molecule has 0 saturated carbocycles. The highest BCUT2D eigenvalue weighted by Gasteiger charge is 2.39. The Kier molecular flexibility index (Phi) is 5.85. The molecule has 2 aliphatic rings. The minimum Gasteiger partial charge on any atom is -0.289 e. The number of hydrogen-bond acceptors (Lipinski definition) is 4. The van der Waals surface area contributed by atoms with Gasteiger partial charge in [-0.1, -0.05) is 70.8 Å². The van der Waals surface area contributed by atoms with Crippen LogP contribution in [-0.2, 0) is 4.79 Å². The Morgan fingerprint density at radius 1 is 0.938 bits per heavy atom. The van der Waals surface area contributed by atoms with Gasteiger partial charge in [0.15, 0.2) is 5.78 Å². The van der Waals surface area contributed by atoms with Crippen molar-refractivity contribution in [2.45, 2.75) is 41.5 Å². The summed E-state index contributed by atoms with van der Waals surface area (Å²) in [5, 5.41) is 7.66. The fourth-order valence-corrected chi connectivity index (χ4v) is 5.22. The maximum Gasteiger partial charge on any atom is 0.186 e. The fraction of sp³-hybridized carbons (Fsp3) is 0.346. The molecule has 0 spiro atoms. The first kappa shape index (κ1) is 23.2. The van der Waals surface area contributed by atoms with Gasteiger partial charge in [-0.2, -0.15) is 0 Å². The maximum atomic E-state index is 13.4. The SMILES string of the molecule is CC(C)(C)C1=CC(=C(c2cccs2)N2CN2c2cc(Cl)cc(Cl)c2)C=C(C(C)(C)C)C1=O. The van der Waals surface area contributed by atoms with Gasteiger partial charge >= 0.3 is 0 Å². The van der Waals surface area contributed by atoms with Gasteiger partial charge in [0.1, 0.15) is 6.67 Å². The second kappa shape index (κ2) is 8.09. The van der Waals surface area contributed by atoms with Crippen molar-refractivity contribution in [3.05, 3.63) is 79.5 Å². The van der Waals surface area contributed by atoms with Crippen LogP contribution in [0.25, 0.3) is 5.70 Å². The molecular weight excluding hydrogens is 459 g/mol. The number of rotatable bonds is 3. The molecule has 0 bridgehead atoms. The van der Waals surface area contributed by atoms with Crippen molar-refractivity contribution in [3.8, 4) is 0 Å². The first-order chi connectivity index (χ1) is 14.9. The highest BCUT2D eigenvalue weighted by Crippen LogP contribution is 2.45. The molecule has 0 N–H and O–H groups in total. The van der Waals surface area contributed by atoms with Crippen molar-refractivity contribution < 1.29 is 4.79 Å². The van der Waals surface area contributed by atoms with Gasteiger partial charge in [0, 0.05) is 26.8 Å². The lowest BCUT2D eigenvalue weighted by Crippen LogP contribution is -2.28. The predicted octanol–water partition coefficient (Wildman–Crippen LogP) is 7.99. The molecule has 4 rings (SSSR count). The molecule has 0 atom stereocenters. The van der Waals surface area contributed by atoms with Crippen LogP contribution in [0, 0.1) is 10.8 Å². The first-order valence-electron chi connectivity index (χ1n) is 10.6. The average molecular weight is 487 g/mol. The smallest absolute Gasteiger partial charge is 0.186 e. The summed E-state index contributed by atoms with van der Waals surface area (Å²) in [5.74, 6) is 0.142. The molecule has 0 amide bonds.